The Morgan fingerprint density at radius 2 is 0.671 bits per heavy atom. The summed E-state index contributed by atoms with van der Waals surface area (Å²) in [5.41, 5.74) is 17.5. The molecule has 0 aliphatic carbocycles. The summed E-state index contributed by atoms with van der Waals surface area (Å²) in [7, 11) is 0. The maximum Gasteiger partial charge on any atom is 0.0618 e. The molecular weight excluding hydrogens is 863 g/mol. The van der Waals surface area contributed by atoms with Crippen LogP contribution in [-0.2, 0) is 0 Å². The van der Waals surface area contributed by atoms with E-state index in [1.165, 1.54) is 75.1 Å². The van der Waals surface area contributed by atoms with Crippen molar-refractivity contribution in [2.45, 2.75) is 0 Å². The van der Waals surface area contributed by atoms with Crippen LogP contribution in [0, 0.1) is 0 Å². The van der Waals surface area contributed by atoms with E-state index in [4.69, 9.17) is 0 Å². The van der Waals surface area contributed by atoms with Crippen molar-refractivity contribution in [3.63, 3.8) is 0 Å². The van der Waals surface area contributed by atoms with Gasteiger partial charge in [0.1, 0.15) is 0 Å². The van der Waals surface area contributed by atoms with Crippen molar-refractivity contribution in [1.82, 2.24) is 0 Å². The van der Waals surface area contributed by atoms with Gasteiger partial charge in [-0.25, -0.2) is 0 Å². The van der Waals surface area contributed by atoms with Crippen molar-refractivity contribution >= 4 is 70.1 Å². The van der Waals surface area contributed by atoms with Crippen LogP contribution in [0.3, 0.4) is 0 Å². The molecule has 0 aliphatic heterocycles. The molecule has 0 N–H and O–H groups in total. The smallest absolute Gasteiger partial charge is 0.0618 e. The predicted molar refractivity (Wildman–Crippen MR) is 302 cm³/mol. The zero-order chi connectivity index (χ0) is 46.4. The van der Waals surface area contributed by atoms with Gasteiger partial charge >= 0.3 is 0 Å². The molecule has 0 aliphatic rings. The minimum atomic E-state index is 1.07. The van der Waals surface area contributed by atoms with Crippen molar-refractivity contribution in [3.05, 3.63) is 273 Å². The molecule has 1 heterocycles. The molecule has 13 rings (SSSR count). The Morgan fingerprint density at radius 1 is 0.243 bits per heavy atom. The van der Waals surface area contributed by atoms with Gasteiger partial charge in [-0.3, -0.25) is 0 Å². The Bertz CT molecular complexity index is 3990. The fraction of sp³-hybridized carbons (Fsp3) is 0. The van der Waals surface area contributed by atoms with E-state index >= 15 is 0 Å². The van der Waals surface area contributed by atoms with Crippen LogP contribution in [0.4, 0.5) is 17.1 Å². The van der Waals surface area contributed by atoms with E-state index in [0.29, 0.717) is 0 Å². The van der Waals surface area contributed by atoms with Crippen LogP contribution in [0.5, 0.6) is 0 Å². The van der Waals surface area contributed by atoms with Gasteiger partial charge in [-0.15, -0.1) is 11.3 Å². The van der Waals surface area contributed by atoms with Gasteiger partial charge < -0.3 is 4.90 Å². The van der Waals surface area contributed by atoms with Gasteiger partial charge in [-0.05, 0) is 114 Å². The number of fused-ring (bicyclic) bond motifs is 6. The van der Waals surface area contributed by atoms with Gasteiger partial charge in [-0.1, -0.05) is 237 Å². The van der Waals surface area contributed by atoms with Crippen LogP contribution >= 0.6 is 11.3 Å². The van der Waals surface area contributed by atoms with Crippen LogP contribution in [-0.4, -0.2) is 0 Å². The Kier molecular flexibility index (Phi) is 10.5. The first-order valence-electron chi connectivity index (χ1n) is 24.0. The van der Waals surface area contributed by atoms with Crippen LogP contribution < -0.4 is 4.90 Å². The summed E-state index contributed by atoms with van der Waals surface area (Å²) in [6, 6.07) is 100. The number of para-hydroxylation sites is 1. The molecule has 328 valence electrons. The fourth-order valence-corrected chi connectivity index (χ4v) is 11.9. The molecule has 12 aromatic carbocycles. The standard InChI is InChI=1S/C68H45NS/c1-5-21-46(22-6-1)55-36-19-37-56(47-23-7-2-8-24-47)67(55)69(54-32-18-30-52(44-54)57-38-20-39-62-60-34-15-16-40-64(60)70-68(57)62)53-31-17-29-50(43-53)51-41-42-59-58-33-13-14-35-61(58)65(48-25-9-3-10-26-48)66(63(59)45-51)49-27-11-4-12-28-49/h1-45H. The molecular formula is C68H45NS. The van der Waals surface area contributed by atoms with Crippen molar-refractivity contribution in [3.8, 4) is 66.8 Å². The number of anilines is 3. The first-order chi connectivity index (χ1) is 34.7. The molecule has 1 aromatic heterocycles. The molecule has 0 saturated carbocycles. The number of nitrogens with zero attached hydrogens (tertiary/aromatic N) is 1. The van der Waals surface area contributed by atoms with E-state index in [1.807, 2.05) is 11.3 Å². The molecule has 0 amide bonds. The first-order valence-corrected chi connectivity index (χ1v) is 24.8. The van der Waals surface area contributed by atoms with Gasteiger partial charge in [0, 0.05) is 42.7 Å². The normalized spacial score (nSPS) is 11.4. The first kappa shape index (κ1) is 41.4. The molecule has 0 fully saturated rings. The predicted octanol–water partition coefficient (Wildman–Crippen LogP) is 19.8. The van der Waals surface area contributed by atoms with Gasteiger partial charge in [0.05, 0.1) is 5.69 Å². The molecule has 0 radical (unpaired) electrons. The summed E-state index contributed by atoms with van der Waals surface area (Å²) in [5, 5.41) is 7.57. The van der Waals surface area contributed by atoms with E-state index in [1.54, 1.807) is 0 Å². The van der Waals surface area contributed by atoms with Gasteiger partial charge in [0.25, 0.3) is 0 Å². The SMILES string of the molecule is c1ccc(-c2cccc(-c3ccccc3)c2N(c2cccc(-c3ccc4c(c3)c(-c3ccccc3)c(-c3ccccc3)c3ccccc34)c2)c2cccc(-c3cccc4c3sc3ccccc34)c2)cc1. The van der Waals surface area contributed by atoms with E-state index in [-0.39, 0.29) is 0 Å². The number of rotatable bonds is 9. The maximum atomic E-state index is 2.50. The molecule has 13 aromatic rings. The molecule has 70 heavy (non-hydrogen) atoms. The van der Waals surface area contributed by atoms with Crippen molar-refractivity contribution < 1.29 is 0 Å². The van der Waals surface area contributed by atoms with Gasteiger partial charge in [0.2, 0.25) is 0 Å². The Balaban J connectivity index is 1.06. The van der Waals surface area contributed by atoms with Crippen LogP contribution in [0.1, 0.15) is 0 Å². The average Bonchev–Trinajstić information content (AvgIpc) is 3.83. The van der Waals surface area contributed by atoms with Gasteiger partial charge in [-0.2, -0.15) is 0 Å². The quantitative estimate of drug-likeness (QED) is 0.130. The molecule has 1 nitrogen and oxygen atoms in total. The van der Waals surface area contributed by atoms with E-state index in [2.05, 4.69) is 278 Å². The number of thiophene rings is 1. The second kappa shape index (κ2) is 17.7. The molecule has 0 bridgehead atoms. The number of hydrogen-bond acceptors (Lipinski definition) is 2. The molecule has 0 unspecified atom stereocenters. The second-order valence-electron chi connectivity index (χ2n) is 17.9. The third-order valence-electron chi connectivity index (χ3n) is 13.8. The molecule has 0 spiro atoms. The Hall–Kier alpha value is -8.82. The number of benzene rings is 12. The summed E-state index contributed by atoms with van der Waals surface area (Å²) < 4.78 is 2.61. The van der Waals surface area contributed by atoms with Crippen molar-refractivity contribution in [2.75, 3.05) is 4.90 Å². The van der Waals surface area contributed by atoms with E-state index in [0.717, 1.165) is 50.4 Å². The zero-order valence-electron chi connectivity index (χ0n) is 38.3. The number of hydrogen-bond donors (Lipinski definition) is 0. The summed E-state index contributed by atoms with van der Waals surface area (Å²) >= 11 is 1.88. The second-order valence-corrected chi connectivity index (χ2v) is 19.0. The highest BCUT2D eigenvalue weighted by Gasteiger charge is 2.24. The summed E-state index contributed by atoms with van der Waals surface area (Å²) in [4.78, 5) is 2.50. The molecule has 2 heteroatoms. The third-order valence-corrected chi connectivity index (χ3v) is 15.1. The minimum Gasteiger partial charge on any atom is -0.309 e. The highest BCUT2D eigenvalue weighted by molar-refractivity contribution is 7.26. The Labute approximate surface area is 412 Å². The topological polar surface area (TPSA) is 3.24 Å². The third kappa shape index (κ3) is 7.25. The van der Waals surface area contributed by atoms with Gasteiger partial charge in [0.15, 0.2) is 0 Å². The zero-order valence-corrected chi connectivity index (χ0v) is 39.2. The maximum absolute atomic E-state index is 2.50. The summed E-state index contributed by atoms with van der Waals surface area (Å²) in [6.07, 6.45) is 0. The van der Waals surface area contributed by atoms with E-state index < -0.39 is 0 Å². The average molecular weight is 908 g/mol. The fourth-order valence-electron chi connectivity index (χ4n) is 10.7. The molecule has 0 saturated heterocycles. The van der Waals surface area contributed by atoms with Crippen LogP contribution in [0.2, 0.25) is 0 Å². The highest BCUT2D eigenvalue weighted by atomic mass is 32.1. The van der Waals surface area contributed by atoms with Crippen LogP contribution in [0.25, 0.3) is 108 Å². The van der Waals surface area contributed by atoms with Crippen molar-refractivity contribution in [1.29, 1.82) is 0 Å². The highest BCUT2D eigenvalue weighted by Crippen LogP contribution is 2.50. The minimum absolute atomic E-state index is 1.07. The van der Waals surface area contributed by atoms with Crippen molar-refractivity contribution in [2.24, 2.45) is 0 Å². The largest absolute Gasteiger partial charge is 0.309 e. The summed E-state index contributed by atoms with van der Waals surface area (Å²) in [6.45, 7) is 0. The molecule has 0 atom stereocenters. The lowest BCUT2D eigenvalue weighted by Crippen LogP contribution is -2.13. The lowest BCUT2D eigenvalue weighted by Gasteiger charge is -2.31. The lowest BCUT2D eigenvalue weighted by molar-refractivity contribution is 1.28. The van der Waals surface area contributed by atoms with E-state index in [9.17, 15) is 0 Å². The lowest BCUT2D eigenvalue weighted by atomic mass is 9.84. The summed E-state index contributed by atoms with van der Waals surface area (Å²) in [5.74, 6) is 0. The monoisotopic (exact) mass is 907 g/mol. The Morgan fingerprint density at radius 3 is 1.31 bits per heavy atom. The van der Waals surface area contributed by atoms with Crippen LogP contribution in [0.15, 0.2) is 273 Å².